The Kier molecular flexibility index (Phi) is 3.86. The second-order valence-electron chi connectivity index (χ2n) is 4.03. The molecule has 0 aliphatic carbocycles. The molecule has 4 heteroatoms. The van der Waals surface area contributed by atoms with Crippen LogP contribution in [-0.2, 0) is 4.79 Å². The van der Waals surface area contributed by atoms with Gasteiger partial charge in [-0.1, -0.05) is 28.1 Å². The van der Waals surface area contributed by atoms with Crippen molar-refractivity contribution in [2.75, 3.05) is 5.32 Å². The number of hydrogen-bond acceptors (Lipinski definition) is 2. The van der Waals surface area contributed by atoms with Crippen LogP contribution in [0.1, 0.15) is 31.1 Å². The Bertz CT molecular complexity index is 421. The van der Waals surface area contributed by atoms with Crippen molar-refractivity contribution in [3.05, 3.63) is 29.8 Å². The van der Waals surface area contributed by atoms with E-state index in [9.17, 15) is 9.59 Å². The lowest BCUT2D eigenvalue weighted by atomic mass is 10.1. The van der Waals surface area contributed by atoms with Gasteiger partial charge in [0, 0.05) is 5.56 Å². The Morgan fingerprint density at radius 2 is 1.81 bits per heavy atom. The standard InChI is InChI=1S/C12H14BrNO2/c1-8(15)9-6-4-5-7-10(9)14-11(16)12(2,3)13/h4-7H,1-3H3,(H,14,16). The highest BCUT2D eigenvalue weighted by atomic mass is 79.9. The molecular weight excluding hydrogens is 270 g/mol. The summed E-state index contributed by atoms with van der Waals surface area (Å²) in [6.07, 6.45) is 0. The van der Waals surface area contributed by atoms with Crippen molar-refractivity contribution >= 4 is 33.3 Å². The maximum absolute atomic E-state index is 11.7. The molecule has 3 nitrogen and oxygen atoms in total. The van der Waals surface area contributed by atoms with Crippen LogP contribution in [0.4, 0.5) is 5.69 Å². The van der Waals surface area contributed by atoms with Crippen LogP contribution in [0.3, 0.4) is 0 Å². The van der Waals surface area contributed by atoms with Crippen molar-refractivity contribution in [3.8, 4) is 0 Å². The maximum Gasteiger partial charge on any atom is 0.240 e. The molecular formula is C12H14BrNO2. The smallest absolute Gasteiger partial charge is 0.240 e. The number of alkyl halides is 1. The molecule has 0 spiro atoms. The van der Waals surface area contributed by atoms with Crippen molar-refractivity contribution in [2.45, 2.75) is 25.1 Å². The normalized spacial score (nSPS) is 11.0. The van der Waals surface area contributed by atoms with Crippen molar-refractivity contribution in [3.63, 3.8) is 0 Å². The van der Waals surface area contributed by atoms with E-state index in [1.807, 2.05) is 0 Å². The lowest BCUT2D eigenvalue weighted by molar-refractivity contribution is -0.117. The Balaban J connectivity index is 2.98. The molecule has 0 unspecified atom stereocenters. The van der Waals surface area contributed by atoms with Gasteiger partial charge in [0.05, 0.1) is 10.0 Å². The van der Waals surface area contributed by atoms with Crippen LogP contribution in [0, 0.1) is 0 Å². The molecule has 0 aliphatic heterocycles. The predicted molar refractivity (Wildman–Crippen MR) is 68.1 cm³/mol. The van der Waals surface area contributed by atoms with Crippen molar-refractivity contribution in [1.82, 2.24) is 0 Å². The van der Waals surface area contributed by atoms with E-state index < -0.39 is 4.32 Å². The summed E-state index contributed by atoms with van der Waals surface area (Å²) in [4.78, 5) is 23.1. The minimum absolute atomic E-state index is 0.0664. The molecule has 86 valence electrons. The van der Waals surface area contributed by atoms with E-state index in [0.29, 0.717) is 11.3 Å². The van der Waals surface area contributed by atoms with Crippen LogP contribution in [0.25, 0.3) is 0 Å². The lowest BCUT2D eigenvalue weighted by Crippen LogP contribution is -2.31. The van der Waals surface area contributed by atoms with Crippen molar-refractivity contribution in [2.24, 2.45) is 0 Å². The SMILES string of the molecule is CC(=O)c1ccccc1NC(=O)C(C)(C)Br. The molecule has 0 fully saturated rings. The predicted octanol–water partition coefficient (Wildman–Crippen LogP) is 3.00. The summed E-state index contributed by atoms with van der Waals surface area (Å²) >= 11 is 3.27. The number of rotatable bonds is 3. The van der Waals surface area contributed by atoms with Gasteiger partial charge in [-0.15, -0.1) is 0 Å². The molecule has 1 amide bonds. The first-order chi connectivity index (χ1) is 7.32. The fraction of sp³-hybridized carbons (Fsp3) is 0.333. The molecule has 1 rings (SSSR count). The van der Waals surface area contributed by atoms with Gasteiger partial charge in [0.2, 0.25) is 5.91 Å². The van der Waals surface area contributed by atoms with Gasteiger partial charge in [0.1, 0.15) is 0 Å². The van der Waals surface area contributed by atoms with E-state index in [0.717, 1.165) is 0 Å². The Morgan fingerprint density at radius 1 is 1.25 bits per heavy atom. The first kappa shape index (κ1) is 12.9. The fourth-order valence-electron chi connectivity index (χ4n) is 1.17. The minimum atomic E-state index is -0.656. The molecule has 0 bridgehead atoms. The molecule has 0 heterocycles. The summed E-state index contributed by atoms with van der Waals surface area (Å²) in [7, 11) is 0. The zero-order chi connectivity index (χ0) is 12.3. The number of halogens is 1. The quantitative estimate of drug-likeness (QED) is 0.685. The van der Waals surface area contributed by atoms with E-state index in [2.05, 4.69) is 21.2 Å². The number of hydrogen-bond donors (Lipinski definition) is 1. The summed E-state index contributed by atoms with van der Waals surface area (Å²) in [6.45, 7) is 4.97. The van der Waals surface area contributed by atoms with Gasteiger partial charge in [-0.3, -0.25) is 9.59 Å². The molecule has 0 radical (unpaired) electrons. The third-order valence-corrected chi connectivity index (χ3v) is 2.45. The molecule has 1 aromatic carbocycles. The van der Waals surface area contributed by atoms with Crippen molar-refractivity contribution in [1.29, 1.82) is 0 Å². The van der Waals surface area contributed by atoms with Gasteiger partial charge in [-0.2, -0.15) is 0 Å². The summed E-state index contributed by atoms with van der Waals surface area (Å²) < 4.78 is -0.656. The Hall–Kier alpha value is -1.16. The minimum Gasteiger partial charge on any atom is -0.324 e. The second-order valence-corrected chi connectivity index (χ2v) is 6.01. The van der Waals surface area contributed by atoms with E-state index in [4.69, 9.17) is 0 Å². The van der Waals surface area contributed by atoms with Crippen LogP contribution in [-0.4, -0.2) is 16.0 Å². The van der Waals surface area contributed by atoms with E-state index >= 15 is 0 Å². The summed E-state index contributed by atoms with van der Waals surface area (Å²) in [5, 5.41) is 2.73. The summed E-state index contributed by atoms with van der Waals surface area (Å²) in [6, 6.07) is 6.96. The number of benzene rings is 1. The number of nitrogens with one attached hydrogen (secondary N) is 1. The number of ketones is 1. The lowest BCUT2D eigenvalue weighted by Gasteiger charge is -2.17. The first-order valence-corrected chi connectivity index (χ1v) is 5.72. The van der Waals surface area contributed by atoms with Crippen LogP contribution < -0.4 is 5.32 Å². The molecule has 0 atom stereocenters. The maximum atomic E-state index is 11.7. The number of anilines is 1. The van der Waals surface area contributed by atoms with Gasteiger partial charge in [0.25, 0.3) is 0 Å². The molecule has 0 saturated carbocycles. The molecule has 16 heavy (non-hydrogen) atoms. The van der Waals surface area contributed by atoms with Crippen molar-refractivity contribution < 1.29 is 9.59 Å². The van der Waals surface area contributed by atoms with Gasteiger partial charge in [-0.05, 0) is 32.9 Å². The average Bonchev–Trinajstić information content (AvgIpc) is 2.16. The molecule has 1 aromatic rings. The number of carbonyl (C=O) groups is 2. The van der Waals surface area contributed by atoms with Gasteiger partial charge in [-0.25, -0.2) is 0 Å². The zero-order valence-corrected chi connectivity index (χ0v) is 11.1. The third-order valence-electron chi connectivity index (χ3n) is 2.09. The highest BCUT2D eigenvalue weighted by Gasteiger charge is 2.24. The Morgan fingerprint density at radius 3 is 2.31 bits per heavy atom. The van der Waals surface area contributed by atoms with E-state index in [1.165, 1.54) is 6.92 Å². The van der Waals surface area contributed by atoms with Gasteiger partial charge in [0.15, 0.2) is 5.78 Å². The van der Waals surface area contributed by atoms with Gasteiger partial charge >= 0.3 is 0 Å². The number of carbonyl (C=O) groups excluding carboxylic acids is 2. The van der Waals surface area contributed by atoms with Gasteiger partial charge < -0.3 is 5.32 Å². The highest BCUT2D eigenvalue weighted by molar-refractivity contribution is 9.10. The second kappa shape index (κ2) is 4.78. The Labute approximate surface area is 103 Å². The van der Waals surface area contributed by atoms with E-state index in [1.54, 1.807) is 38.1 Å². The van der Waals surface area contributed by atoms with E-state index in [-0.39, 0.29) is 11.7 Å². The van der Waals surface area contributed by atoms with Crippen LogP contribution >= 0.6 is 15.9 Å². The molecule has 1 N–H and O–H groups in total. The molecule has 0 aromatic heterocycles. The van der Waals surface area contributed by atoms with Crippen LogP contribution in [0.15, 0.2) is 24.3 Å². The third kappa shape index (κ3) is 3.17. The van der Waals surface area contributed by atoms with Crippen LogP contribution in [0.2, 0.25) is 0 Å². The molecule has 0 aliphatic rings. The highest BCUT2D eigenvalue weighted by Crippen LogP contribution is 2.21. The first-order valence-electron chi connectivity index (χ1n) is 4.92. The number of para-hydroxylation sites is 1. The zero-order valence-electron chi connectivity index (χ0n) is 9.50. The largest absolute Gasteiger partial charge is 0.324 e. The number of Topliss-reactive ketones (excluding diaryl/α,β-unsaturated/α-hetero) is 1. The topological polar surface area (TPSA) is 46.2 Å². The summed E-state index contributed by atoms with van der Waals surface area (Å²) in [5.74, 6) is -0.246. The monoisotopic (exact) mass is 283 g/mol. The molecule has 0 saturated heterocycles. The van der Waals surface area contributed by atoms with Crippen LogP contribution in [0.5, 0.6) is 0 Å². The number of amides is 1. The summed E-state index contributed by atoms with van der Waals surface area (Å²) in [5.41, 5.74) is 1.07. The fourth-order valence-corrected chi connectivity index (χ4v) is 1.27. The average molecular weight is 284 g/mol.